The maximum atomic E-state index is 6.17. The molecule has 0 aromatic heterocycles. The van der Waals surface area contributed by atoms with Gasteiger partial charge < -0.3 is 10.6 Å². The number of hydrogen-bond acceptors (Lipinski definition) is 3. The number of rotatable bonds is 4. The molecule has 1 aliphatic carbocycles. The lowest BCUT2D eigenvalue weighted by molar-refractivity contribution is 0.0197. The molecule has 2 N–H and O–H groups in total. The quantitative estimate of drug-likeness (QED) is 0.831. The van der Waals surface area contributed by atoms with Crippen molar-refractivity contribution in [2.75, 3.05) is 33.2 Å². The molecule has 1 saturated heterocycles. The first kappa shape index (κ1) is 14.3. The van der Waals surface area contributed by atoms with Crippen LogP contribution in [0.1, 0.15) is 46.0 Å². The molecule has 0 bridgehead atoms. The van der Waals surface area contributed by atoms with Crippen molar-refractivity contribution in [1.82, 2.24) is 9.80 Å². The van der Waals surface area contributed by atoms with Crippen LogP contribution in [0.3, 0.4) is 0 Å². The van der Waals surface area contributed by atoms with Gasteiger partial charge >= 0.3 is 0 Å². The van der Waals surface area contributed by atoms with Gasteiger partial charge in [-0.2, -0.15) is 0 Å². The van der Waals surface area contributed by atoms with Crippen molar-refractivity contribution in [3.63, 3.8) is 0 Å². The summed E-state index contributed by atoms with van der Waals surface area (Å²) in [5.74, 6) is 0.761. The fourth-order valence-electron chi connectivity index (χ4n) is 4.19. The average Bonchev–Trinajstić information content (AvgIpc) is 2.80. The van der Waals surface area contributed by atoms with Gasteiger partial charge in [-0.15, -0.1) is 0 Å². The predicted octanol–water partition coefficient (Wildman–Crippen LogP) is 1.92. The van der Waals surface area contributed by atoms with E-state index in [1.54, 1.807) is 0 Å². The summed E-state index contributed by atoms with van der Waals surface area (Å²) in [6, 6.07) is 0.747. The van der Waals surface area contributed by atoms with Gasteiger partial charge in [0, 0.05) is 18.1 Å². The van der Waals surface area contributed by atoms with Crippen molar-refractivity contribution >= 4 is 0 Å². The van der Waals surface area contributed by atoms with Gasteiger partial charge in [0.05, 0.1) is 0 Å². The fourth-order valence-corrected chi connectivity index (χ4v) is 4.19. The Morgan fingerprint density at radius 3 is 2.39 bits per heavy atom. The number of hydrogen-bond donors (Lipinski definition) is 1. The Kier molecular flexibility index (Phi) is 4.68. The van der Waals surface area contributed by atoms with Gasteiger partial charge in [0.2, 0.25) is 0 Å². The molecule has 2 atom stereocenters. The minimum atomic E-state index is 0.291. The number of piperidine rings is 1. The van der Waals surface area contributed by atoms with Crippen molar-refractivity contribution in [3.05, 3.63) is 0 Å². The van der Waals surface area contributed by atoms with Gasteiger partial charge in [-0.1, -0.05) is 20.3 Å². The summed E-state index contributed by atoms with van der Waals surface area (Å²) in [4.78, 5) is 5.23. The normalized spacial score (nSPS) is 35.5. The van der Waals surface area contributed by atoms with E-state index >= 15 is 0 Å². The summed E-state index contributed by atoms with van der Waals surface area (Å²) in [5.41, 5.74) is 6.46. The third-order valence-electron chi connectivity index (χ3n) is 5.77. The molecule has 2 unspecified atom stereocenters. The SMILES string of the molecule is CCN1CCC(N(C)C2(CN)CCCC2C)CC1. The van der Waals surface area contributed by atoms with E-state index in [4.69, 9.17) is 5.73 Å². The maximum absolute atomic E-state index is 6.17. The van der Waals surface area contributed by atoms with Crippen LogP contribution in [0.25, 0.3) is 0 Å². The van der Waals surface area contributed by atoms with Gasteiger partial charge in [-0.05, 0) is 58.3 Å². The number of nitrogens with zero attached hydrogens (tertiary/aromatic N) is 2. The Balaban J connectivity index is 2.00. The number of nitrogens with two attached hydrogens (primary N) is 1. The molecule has 0 amide bonds. The Morgan fingerprint density at radius 1 is 1.28 bits per heavy atom. The standard InChI is InChI=1S/C15H31N3/c1-4-18-10-7-14(8-11-18)17(3)15(12-16)9-5-6-13(15)2/h13-14H,4-12,16H2,1-3H3. The molecule has 0 spiro atoms. The first-order chi connectivity index (χ1) is 8.64. The third-order valence-corrected chi connectivity index (χ3v) is 5.77. The number of likely N-dealkylation sites (N-methyl/N-ethyl adjacent to an activating group) is 1. The highest BCUT2D eigenvalue weighted by Crippen LogP contribution is 2.40. The molecule has 2 aliphatic rings. The smallest absolute Gasteiger partial charge is 0.0357 e. The van der Waals surface area contributed by atoms with Gasteiger partial charge in [-0.3, -0.25) is 4.90 Å². The predicted molar refractivity (Wildman–Crippen MR) is 77.7 cm³/mol. The number of likely N-dealkylation sites (tertiary alicyclic amines) is 1. The average molecular weight is 253 g/mol. The van der Waals surface area contributed by atoms with Crippen LogP contribution in [0.15, 0.2) is 0 Å². The lowest BCUT2D eigenvalue weighted by Crippen LogP contribution is -2.59. The topological polar surface area (TPSA) is 32.5 Å². The fraction of sp³-hybridized carbons (Fsp3) is 1.00. The lowest BCUT2D eigenvalue weighted by Gasteiger charge is -2.48. The molecular weight excluding hydrogens is 222 g/mol. The van der Waals surface area contributed by atoms with Crippen LogP contribution in [0.4, 0.5) is 0 Å². The van der Waals surface area contributed by atoms with Crippen molar-refractivity contribution in [2.24, 2.45) is 11.7 Å². The molecule has 0 aromatic rings. The summed E-state index contributed by atoms with van der Waals surface area (Å²) >= 11 is 0. The summed E-state index contributed by atoms with van der Waals surface area (Å²) in [6.07, 6.45) is 6.65. The second-order valence-corrected chi connectivity index (χ2v) is 6.38. The monoisotopic (exact) mass is 253 g/mol. The van der Waals surface area contributed by atoms with Gasteiger partial charge in [0.1, 0.15) is 0 Å². The van der Waals surface area contributed by atoms with Crippen molar-refractivity contribution in [3.8, 4) is 0 Å². The van der Waals surface area contributed by atoms with Crippen molar-refractivity contribution in [1.29, 1.82) is 0 Å². The van der Waals surface area contributed by atoms with E-state index in [-0.39, 0.29) is 0 Å². The lowest BCUT2D eigenvalue weighted by atomic mass is 9.84. The second kappa shape index (κ2) is 5.89. The zero-order chi connectivity index (χ0) is 13.2. The zero-order valence-corrected chi connectivity index (χ0v) is 12.5. The Hall–Kier alpha value is -0.120. The van der Waals surface area contributed by atoms with E-state index in [1.807, 2.05) is 0 Å². The minimum Gasteiger partial charge on any atom is -0.329 e. The minimum absolute atomic E-state index is 0.291. The summed E-state index contributed by atoms with van der Waals surface area (Å²) in [7, 11) is 2.33. The second-order valence-electron chi connectivity index (χ2n) is 6.38. The molecule has 18 heavy (non-hydrogen) atoms. The van der Waals surface area contributed by atoms with Crippen LogP contribution in [-0.2, 0) is 0 Å². The Labute approximate surface area is 113 Å². The van der Waals surface area contributed by atoms with E-state index in [0.717, 1.165) is 18.5 Å². The molecule has 3 heteroatoms. The molecule has 2 rings (SSSR count). The van der Waals surface area contributed by atoms with Crippen LogP contribution in [0.2, 0.25) is 0 Å². The van der Waals surface area contributed by atoms with E-state index in [9.17, 15) is 0 Å². The molecule has 2 fully saturated rings. The largest absolute Gasteiger partial charge is 0.329 e. The van der Waals surface area contributed by atoms with Crippen molar-refractivity contribution < 1.29 is 0 Å². The van der Waals surface area contributed by atoms with Crippen LogP contribution < -0.4 is 5.73 Å². The van der Waals surface area contributed by atoms with E-state index in [0.29, 0.717) is 5.54 Å². The maximum Gasteiger partial charge on any atom is 0.0357 e. The molecule has 1 aliphatic heterocycles. The van der Waals surface area contributed by atoms with Crippen LogP contribution in [0.5, 0.6) is 0 Å². The molecule has 0 aromatic carbocycles. The van der Waals surface area contributed by atoms with Crippen molar-refractivity contribution in [2.45, 2.75) is 57.5 Å². The van der Waals surface area contributed by atoms with E-state index in [1.165, 1.54) is 51.7 Å². The summed E-state index contributed by atoms with van der Waals surface area (Å²) in [5, 5.41) is 0. The highest BCUT2D eigenvalue weighted by atomic mass is 15.2. The third kappa shape index (κ3) is 2.45. The highest BCUT2D eigenvalue weighted by Gasteiger charge is 2.44. The van der Waals surface area contributed by atoms with Crippen LogP contribution in [-0.4, -0.2) is 54.6 Å². The van der Waals surface area contributed by atoms with Gasteiger partial charge in [0.25, 0.3) is 0 Å². The van der Waals surface area contributed by atoms with Crippen LogP contribution in [0, 0.1) is 5.92 Å². The van der Waals surface area contributed by atoms with Gasteiger partial charge in [0.15, 0.2) is 0 Å². The molecule has 1 heterocycles. The molecule has 106 valence electrons. The molecule has 0 radical (unpaired) electrons. The summed E-state index contributed by atoms with van der Waals surface area (Å²) in [6.45, 7) is 9.23. The van der Waals surface area contributed by atoms with E-state index < -0.39 is 0 Å². The highest BCUT2D eigenvalue weighted by molar-refractivity contribution is 5.01. The first-order valence-electron chi connectivity index (χ1n) is 7.79. The molecule has 3 nitrogen and oxygen atoms in total. The first-order valence-corrected chi connectivity index (χ1v) is 7.79. The van der Waals surface area contributed by atoms with E-state index in [2.05, 4.69) is 30.7 Å². The Bertz CT molecular complexity index is 260. The molecule has 1 saturated carbocycles. The Morgan fingerprint density at radius 2 is 1.94 bits per heavy atom. The zero-order valence-electron chi connectivity index (χ0n) is 12.5. The van der Waals surface area contributed by atoms with Crippen LogP contribution >= 0.6 is 0 Å². The van der Waals surface area contributed by atoms with Gasteiger partial charge in [-0.25, -0.2) is 0 Å². The molecular formula is C15H31N3. The summed E-state index contributed by atoms with van der Waals surface area (Å²) < 4.78 is 0.